The lowest BCUT2D eigenvalue weighted by molar-refractivity contribution is -0.577. The minimum Gasteiger partial charge on any atom is -0.473 e. The van der Waals surface area contributed by atoms with Crippen LogP contribution in [0.15, 0.2) is 0 Å². The molecule has 0 aromatic heterocycles. The van der Waals surface area contributed by atoms with Crippen LogP contribution in [0.2, 0.25) is 0 Å². The van der Waals surface area contributed by atoms with Gasteiger partial charge in [0, 0.05) is 24.8 Å². The molecule has 4 saturated heterocycles. The SMILES string of the molecule is C[C@H]1[C@@H](OCCN)O[C@@H]2OC3(C)CC[C@H]4[C@H](C)CC[C@@H]1[C@@]24OO3.O=C(O)C(=O)O. The first-order valence-electron chi connectivity index (χ1n) is 10.1. The van der Waals surface area contributed by atoms with Gasteiger partial charge in [0.1, 0.15) is 0 Å². The number of nitrogens with two attached hydrogens (primary N) is 1. The van der Waals surface area contributed by atoms with E-state index < -0.39 is 29.6 Å². The van der Waals surface area contributed by atoms with Crippen molar-refractivity contribution < 1.29 is 43.8 Å². The fraction of sp³-hybridized carbons (Fsp3) is 0.895. The summed E-state index contributed by atoms with van der Waals surface area (Å²) in [7, 11) is 0. The normalized spacial score (nSPS) is 45.4. The summed E-state index contributed by atoms with van der Waals surface area (Å²) in [6, 6.07) is 0. The number of hydrogen-bond donors (Lipinski definition) is 3. The van der Waals surface area contributed by atoms with Crippen molar-refractivity contribution in [3.05, 3.63) is 0 Å². The standard InChI is InChI=1S/C17H29NO5.C2H2O4/c1-10-4-5-13-11(2)14(19-9-8-18)20-15-17(13)12(10)6-7-16(3,21-15)22-23-17;3-1(4)2(5)6/h10-15H,4-9,18H2,1-3H3;(H,3,4)(H,5,6)/t10-,11-,12+,13+,14+,15-,16?,17-;/m1./s1. The maximum absolute atomic E-state index is 9.10. The molecule has 1 saturated carbocycles. The Kier molecular flexibility index (Phi) is 6.52. The van der Waals surface area contributed by atoms with Gasteiger partial charge in [0.2, 0.25) is 5.79 Å². The van der Waals surface area contributed by atoms with Crippen LogP contribution in [-0.2, 0) is 33.6 Å². The van der Waals surface area contributed by atoms with E-state index in [1.807, 2.05) is 6.92 Å². The second-order valence-corrected chi connectivity index (χ2v) is 8.54. The van der Waals surface area contributed by atoms with Gasteiger partial charge in [0.05, 0.1) is 6.61 Å². The fourth-order valence-electron chi connectivity index (χ4n) is 5.25. The number of carbonyl (C=O) groups is 2. The highest BCUT2D eigenvalue weighted by molar-refractivity contribution is 6.27. The molecule has 0 amide bonds. The molecule has 0 aromatic carbocycles. The molecule has 8 atom stereocenters. The van der Waals surface area contributed by atoms with Crippen LogP contribution in [0, 0.1) is 23.7 Å². The Morgan fingerprint density at radius 3 is 2.41 bits per heavy atom. The highest BCUT2D eigenvalue weighted by Gasteiger charge is 2.69. The van der Waals surface area contributed by atoms with Crippen LogP contribution in [0.3, 0.4) is 0 Å². The van der Waals surface area contributed by atoms with Gasteiger partial charge >= 0.3 is 11.9 Å². The zero-order chi connectivity index (χ0) is 21.4. The molecule has 1 unspecified atom stereocenters. The number of fused-ring (bicyclic) bond motifs is 2. The molecule has 5 rings (SSSR count). The first kappa shape index (κ1) is 22.4. The third kappa shape index (κ3) is 4.01. The second-order valence-electron chi connectivity index (χ2n) is 8.54. The van der Waals surface area contributed by atoms with E-state index in [0.29, 0.717) is 30.9 Å². The Hall–Kier alpha value is -1.30. The summed E-state index contributed by atoms with van der Waals surface area (Å²) in [6.45, 7) is 7.43. The van der Waals surface area contributed by atoms with Crippen LogP contribution in [-0.4, -0.2) is 59.3 Å². The average molecular weight is 417 g/mol. The molecule has 10 heteroatoms. The summed E-state index contributed by atoms with van der Waals surface area (Å²) in [5.74, 6) is -2.86. The van der Waals surface area contributed by atoms with Gasteiger partial charge in [-0.25, -0.2) is 19.4 Å². The average Bonchev–Trinajstić information content (AvgIpc) is 2.90. The van der Waals surface area contributed by atoms with E-state index >= 15 is 0 Å². The number of hydrogen-bond acceptors (Lipinski definition) is 8. The van der Waals surface area contributed by atoms with Crippen LogP contribution in [0.5, 0.6) is 0 Å². The molecule has 4 aliphatic heterocycles. The lowest BCUT2D eigenvalue weighted by Crippen LogP contribution is -2.70. The monoisotopic (exact) mass is 417 g/mol. The van der Waals surface area contributed by atoms with E-state index in [9.17, 15) is 0 Å². The molecule has 1 aliphatic carbocycles. The Bertz CT molecular complexity index is 619. The number of carboxylic acid groups (broad SMARTS) is 2. The van der Waals surface area contributed by atoms with Gasteiger partial charge in [-0.3, -0.25) is 0 Å². The van der Waals surface area contributed by atoms with Crippen molar-refractivity contribution in [2.45, 2.75) is 70.4 Å². The summed E-state index contributed by atoms with van der Waals surface area (Å²) in [4.78, 5) is 30.1. The van der Waals surface area contributed by atoms with Crippen LogP contribution >= 0.6 is 0 Å². The van der Waals surface area contributed by atoms with E-state index in [4.69, 9.17) is 49.5 Å². The van der Waals surface area contributed by atoms with Crippen molar-refractivity contribution in [2.24, 2.45) is 29.4 Å². The van der Waals surface area contributed by atoms with Gasteiger partial charge < -0.3 is 30.2 Å². The lowest BCUT2D eigenvalue weighted by atomic mass is 9.58. The minimum absolute atomic E-state index is 0.224. The first-order valence-corrected chi connectivity index (χ1v) is 10.1. The largest absolute Gasteiger partial charge is 0.473 e. The summed E-state index contributed by atoms with van der Waals surface area (Å²) < 4.78 is 18.4. The smallest absolute Gasteiger partial charge is 0.414 e. The van der Waals surface area contributed by atoms with Crippen molar-refractivity contribution >= 4 is 11.9 Å². The molecule has 166 valence electrons. The zero-order valence-electron chi connectivity index (χ0n) is 17.0. The summed E-state index contributed by atoms with van der Waals surface area (Å²) in [5, 5.41) is 14.8. The number of ether oxygens (including phenoxy) is 3. The topological polar surface area (TPSA) is 147 Å². The third-order valence-electron chi connectivity index (χ3n) is 6.68. The van der Waals surface area contributed by atoms with Crippen molar-refractivity contribution in [3.8, 4) is 0 Å². The molecule has 5 aliphatic rings. The first-order chi connectivity index (χ1) is 13.6. The highest BCUT2D eigenvalue weighted by Crippen LogP contribution is 2.60. The summed E-state index contributed by atoms with van der Waals surface area (Å²) >= 11 is 0. The Morgan fingerprint density at radius 2 is 1.79 bits per heavy atom. The van der Waals surface area contributed by atoms with E-state index in [1.165, 1.54) is 6.42 Å². The lowest BCUT2D eigenvalue weighted by Gasteiger charge is -2.60. The predicted molar refractivity (Wildman–Crippen MR) is 97.1 cm³/mol. The molecule has 0 aromatic rings. The van der Waals surface area contributed by atoms with Crippen molar-refractivity contribution in [3.63, 3.8) is 0 Å². The van der Waals surface area contributed by atoms with Crippen molar-refractivity contribution in [1.82, 2.24) is 0 Å². The quantitative estimate of drug-likeness (QED) is 0.454. The van der Waals surface area contributed by atoms with E-state index in [0.717, 1.165) is 19.3 Å². The maximum Gasteiger partial charge on any atom is 0.414 e. The van der Waals surface area contributed by atoms with Crippen molar-refractivity contribution in [1.29, 1.82) is 0 Å². The Morgan fingerprint density at radius 1 is 1.10 bits per heavy atom. The maximum atomic E-state index is 9.10. The second kappa shape index (κ2) is 8.44. The van der Waals surface area contributed by atoms with Crippen LogP contribution in [0.1, 0.15) is 46.5 Å². The molecule has 29 heavy (non-hydrogen) atoms. The fourth-order valence-corrected chi connectivity index (χ4v) is 5.25. The van der Waals surface area contributed by atoms with Gasteiger partial charge in [-0.05, 0) is 38.0 Å². The van der Waals surface area contributed by atoms with Crippen molar-refractivity contribution in [2.75, 3.05) is 13.2 Å². The molecular weight excluding hydrogens is 386 g/mol. The van der Waals surface area contributed by atoms with E-state index in [2.05, 4.69) is 13.8 Å². The number of aliphatic carboxylic acids is 2. The van der Waals surface area contributed by atoms with Gasteiger partial charge in [0.25, 0.3) is 0 Å². The molecule has 10 nitrogen and oxygen atoms in total. The van der Waals surface area contributed by atoms with Gasteiger partial charge in [-0.15, -0.1) is 0 Å². The Balaban J connectivity index is 0.000000353. The molecule has 5 fully saturated rings. The van der Waals surface area contributed by atoms with E-state index in [-0.39, 0.29) is 12.2 Å². The van der Waals surface area contributed by atoms with Crippen LogP contribution < -0.4 is 5.73 Å². The Labute approximate surface area is 169 Å². The van der Waals surface area contributed by atoms with Gasteiger partial charge in [-0.1, -0.05) is 13.8 Å². The third-order valence-corrected chi connectivity index (χ3v) is 6.68. The van der Waals surface area contributed by atoms with E-state index in [1.54, 1.807) is 0 Å². The molecular formula is C19H31NO9. The molecule has 1 spiro atoms. The summed E-state index contributed by atoms with van der Waals surface area (Å²) in [6.07, 6.45) is 3.46. The number of rotatable bonds is 3. The number of carboxylic acids is 2. The van der Waals surface area contributed by atoms with Crippen LogP contribution in [0.4, 0.5) is 0 Å². The van der Waals surface area contributed by atoms with Crippen LogP contribution in [0.25, 0.3) is 0 Å². The minimum atomic E-state index is -1.82. The molecule has 4 heterocycles. The summed E-state index contributed by atoms with van der Waals surface area (Å²) in [5.41, 5.74) is 5.09. The highest BCUT2D eigenvalue weighted by atomic mass is 17.3. The van der Waals surface area contributed by atoms with Gasteiger partial charge in [0.15, 0.2) is 18.2 Å². The molecule has 0 radical (unpaired) electrons. The predicted octanol–water partition coefficient (Wildman–Crippen LogP) is 1.33. The zero-order valence-corrected chi connectivity index (χ0v) is 17.0. The molecule has 4 N–H and O–H groups in total. The molecule has 2 bridgehead atoms. The van der Waals surface area contributed by atoms with Gasteiger partial charge in [-0.2, -0.15) is 0 Å².